The first-order chi connectivity index (χ1) is 9.91. The Morgan fingerprint density at radius 3 is 2.67 bits per heavy atom. The molecule has 0 bridgehead atoms. The Bertz CT molecular complexity index is 571. The van der Waals surface area contributed by atoms with Gasteiger partial charge in [-0.15, -0.1) is 0 Å². The third-order valence-electron chi connectivity index (χ3n) is 4.51. The van der Waals surface area contributed by atoms with Gasteiger partial charge in [0.1, 0.15) is 5.75 Å². The minimum Gasteiger partial charge on any atom is -0.497 e. The van der Waals surface area contributed by atoms with Gasteiger partial charge < -0.3 is 9.64 Å². The fraction of sp³-hybridized carbons (Fsp3) is 0.533. The number of rotatable bonds is 1. The lowest BCUT2D eigenvalue weighted by Crippen LogP contribution is -2.52. The molecular weight excluding hydrogens is 283 g/mol. The first-order valence-electron chi connectivity index (χ1n) is 6.96. The highest BCUT2D eigenvalue weighted by molar-refractivity contribution is 5.82. The molecule has 1 aromatic rings. The van der Waals surface area contributed by atoms with Crippen LogP contribution in [-0.2, 0) is 11.2 Å². The summed E-state index contributed by atoms with van der Waals surface area (Å²) in [5.74, 6) is -1.00. The van der Waals surface area contributed by atoms with Gasteiger partial charge in [-0.1, -0.05) is 6.07 Å². The summed E-state index contributed by atoms with van der Waals surface area (Å²) in [6.07, 6.45) is -2.90. The van der Waals surface area contributed by atoms with Crippen molar-refractivity contribution in [3.63, 3.8) is 0 Å². The minimum absolute atomic E-state index is 0.0136. The second-order valence-electron chi connectivity index (χ2n) is 5.56. The molecule has 1 aliphatic heterocycles. The first kappa shape index (κ1) is 14.2. The molecule has 1 amide bonds. The maximum Gasteiger partial charge on any atom is 0.471 e. The molecule has 6 heteroatoms. The molecule has 1 heterocycles. The van der Waals surface area contributed by atoms with E-state index in [0.29, 0.717) is 18.6 Å². The Balaban J connectivity index is 1.92. The number of amides is 1. The number of carbonyl (C=O) groups is 1. The van der Waals surface area contributed by atoms with Crippen molar-refractivity contribution >= 4 is 5.91 Å². The molecule has 0 N–H and O–H groups in total. The number of carbonyl (C=O) groups excluding carboxylic acids is 1. The lowest BCUT2D eigenvalue weighted by Gasteiger charge is -2.43. The van der Waals surface area contributed by atoms with Crippen molar-refractivity contribution in [2.75, 3.05) is 13.7 Å². The predicted octanol–water partition coefficient (Wildman–Crippen LogP) is 2.89. The van der Waals surface area contributed by atoms with E-state index in [0.717, 1.165) is 22.4 Å². The number of halogens is 3. The molecule has 2 aliphatic rings. The summed E-state index contributed by atoms with van der Waals surface area (Å²) in [6.45, 7) is 0.111. The van der Waals surface area contributed by atoms with E-state index in [4.69, 9.17) is 4.74 Å². The molecular formula is C15H16F3NO2. The molecule has 0 radical (unpaired) electrons. The lowest BCUT2D eigenvalue weighted by molar-refractivity contribution is -0.189. The van der Waals surface area contributed by atoms with Gasteiger partial charge in [-0.2, -0.15) is 13.2 Å². The maximum atomic E-state index is 12.7. The molecule has 2 atom stereocenters. The van der Waals surface area contributed by atoms with Gasteiger partial charge in [-0.3, -0.25) is 4.79 Å². The van der Waals surface area contributed by atoms with E-state index >= 15 is 0 Å². The van der Waals surface area contributed by atoms with Gasteiger partial charge in [-0.05, 0) is 42.5 Å². The van der Waals surface area contributed by atoms with Crippen molar-refractivity contribution in [3.05, 3.63) is 29.3 Å². The van der Waals surface area contributed by atoms with E-state index in [1.165, 1.54) is 0 Å². The molecule has 0 saturated heterocycles. The lowest BCUT2D eigenvalue weighted by atomic mass is 9.73. The van der Waals surface area contributed by atoms with Crippen molar-refractivity contribution in [2.45, 2.75) is 37.4 Å². The summed E-state index contributed by atoms with van der Waals surface area (Å²) in [7, 11) is 1.56. The van der Waals surface area contributed by atoms with Crippen LogP contribution in [0.1, 0.15) is 29.9 Å². The molecule has 114 valence electrons. The zero-order valence-corrected chi connectivity index (χ0v) is 11.6. The summed E-state index contributed by atoms with van der Waals surface area (Å²) < 4.78 is 43.4. The number of nitrogens with zero attached hydrogens (tertiary/aromatic N) is 1. The second-order valence-corrected chi connectivity index (χ2v) is 5.56. The van der Waals surface area contributed by atoms with Gasteiger partial charge in [0.25, 0.3) is 0 Å². The van der Waals surface area contributed by atoms with E-state index in [9.17, 15) is 18.0 Å². The minimum atomic E-state index is -4.80. The van der Waals surface area contributed by atoms with Crippen LogP contribution in [0.5, 0.6) is 5.75 Å². The quantitative estimate of drug-likeness (QED) is 0.798. The largest absolute Gasteiger partial charge is 0.497 e. The summed E-state index contributed by atoms with van der Waals surface area (Å²) in [4.78, 5) is 12.6. The van der Waals surface area contributed by atoms with E-state index in [2.05, 4.69) is 0 Å². The Kier molecular flexibility index (Phi) is 3.34. The van der Waals surface area contributed by atoms with Crippen molar-refractivity contribution in [3.8, 4) is 5.75 Å². The molecule has 0 aromatic heterocycles. The van der Waals surface area contributed by atoms with Crippen LogP contribution in [0.25, 0.3) is 0 Å². The number of hydrogen-bond donors (Lipinski definition) is 0. The molecule has 0 spiro atoms. The molecule has 3 nitrogen and oxygen atoms in total. The first-order valence-corrected chi connectivity index (χ1v) is 6.96. The van der Waals surface area contributed by atoms with E-state index in [1.807, 2.05) is 18.2 Å². The van der Waals surface area contributed by atoms with Gasteiger partial charge >= 0.3 is 12.1 Å². The van der Waals surface area contributed by atoms with Crippen LogP contribution < -0.4 is 4.74 Å². The number of methoxy groups -OCH3 is 1. The van der Waals surface area contributed by atoms with Crippen LogP contribution in [0.4, 0.5) is 13.2 Å². The number of fused-ring (bicyclic) bond motifs is 3. The van der Waals surface area contributed by atoms with Crippen LogP contribution >= 0.6 is 0 Å². The average Bonchev–Trinajstić information content (AvgIpc) is 2.50. The van der Waals surface area contributed by atoms with E-state index in [1.54, 1.807) is 7.11 Å². The van der Waals surface area contributed by atoms with Crippen molar-refractivity contribution in [2.24, 2.45) is 0 Å². The molecule has 1 saturated carbocycles. The number of alkyl halides is 3. The summed E-state index contributed by atoms with van der Waals surface area (Å²) in [6, 6.07) is 5.29. The molecule has 1 fully saturated rings. The highest BCUT2D eigenvalue weighted by Gasteiger charge is 2.49. The Morgan fingerprint density at radius 2 is 2.10 bits per heavy atom. The summed E-state index contributed by atoms with van der Waals surface area (Å²) in [5.41, 5.74) is 2.05. The smallest absolute Gasteiger partial charge is 0.471 e. The highest BCUT2D eigenvalue weighted by atomic mass is 19.4. The summed E-state index contributed by atoms with van der Waals surface area (Å²) >= 11 is 0. The third-order valence-corrected chi connectivity index (χ3v) is 4.51. The SMILES string of the molecule is COc1ccc2c(c1)CCN(C(=O)C(F)(F)F)C1CCC21. The number of hydrogen-bond acceptors (Lipinski definition) is 2. The van der Waals surface area contributed by atoms with Gasteiger partial charge in [0, 0.05) is 18.5 Å². The maximum absolute atomic E-state index is 12.7. The standard InChI is InChI=1S/C15H16F3NO2/c1-21-10-2-3-11-9(8-10)6-7-19(13-5-4-12(11)13)14(20)15(16,17)18/h2-3,8,12-13H,4-7H2,1H3. The van der Waals surface area contributed by atoms with Gasteiger partial charge in [0.15, 0.2) is 0 Å². The van der Waals surface area contributed by atoms with Crippen LogP contribution in [0.15, 0.2) is 18.2 Å². The average molecular weight is 299 g/mol. The molecule has 1 aromatic carbocycles. The van der Waals surface area contributed by atoms with Crippen LogP contribution in [0, 0.1) is 0 Å². The molecule has 1 aliphatic carbocycles. The van der Waals surface area contributed by atoms with E-state index < -0.39 is 12.1 Å². The topological polar surface area (TPSA) is 29.5 Å². The van der Waals surface area contributed by atoms with Gasteiger partial charge in [-0.25, -0.2) is 0 Å². The van der Waals surface area contributed by atoms with Crippen LogP contribution in [-0.4, -0.2) is 36.7 Å². The zero-order chi connectivity index (χ0) is 15.2. The Morgan fingerprint density at radius 1 is 1.33 bits per heavy atom. The van der Waals surface area contributed by atoms with Crippen molar-refractivity contribution in [1.29, 1.82) is 0 Å². The second kappa shape index (κ2) is 4.93. The monoisotopic (exact) mass is 299 g/mol. The predicted molar refractivity (Wildman–Crippen MR) is 70.2 cm³/mol. The van der Waals surface area contributed by atoms with Gasteiger partial charge in [0.05, 0.1) is 7.11 Å². The zero-order valence-electron chi connectivity index (χ0n) is 11.6. The van der Waals surface area contributed by atoms with Crippen molar-refractivity contribution in [1.82, 2.24) is 4.90 Å². The summed E-state index contributed by atoms with van der Waals surface area (Å²) in [5, 5.41) is 0. The number of ether oxygens (including phenoxy) is 1. The van der Waals surface area contributed by atoms with Crippen molar-refractivity contribution < 1.29 is 22.7 Å². The normalized spacial score (nSPS) is 24.5. The number of benzene rings is 1. The highest BCUT2D eigenvalue weighted by Crippen LogP contribution is 2.45. The Hall–Kier alpha value is -1.72. The Labute approximate surface area is 120 Å². The van der Waals surface area contributed by atoms with Crippen LogP contribution in [0.2, 0.25) is 0 Å². The third kappa shape index (κ3) is 2.36. The fourth-order valence-electron chi connectivity index (χ4n) is 3.33. The van der Waals surface area contributed by atoms with Gasteiger partial charge in [0.2, 0.25) is 0 Å². The molecule has 21 heavy (non-hydrogen) atoms. The van der Waals surface area contributed by atoms with Crippen LogP contribution in [0.3, 0.4) is 0 Å². The molecule has 2 unspecified atom stereocenters. The fourth-order valence-corrected chi connectivity index (χ4v) is 3.33. The molecule has 3 rings (SSSR count). The van der Waals surface area contributed by atoms with E-state index in [-0.39, 0.29) is 18.5 Å².